The van der Waals surface area contributed by atoms with Crippen molar-refractivity contribution in [2.45, 2.75) is 51.5 Å². The van der Waals surface area contributed by atoms with Gasteiger partial charge in [0.1, 0.15) is 0 Å². The Morgan fingerprint density at radius 2 is 1.58 bits per heavy atom. The Morgan fingerprint density at radius 1 is 0.895 bits per heavy atom. The van der Waals surface area contributed by atoms with Crippen molar-refractivity contribution in [1.29, 1.82) is 0 Å². The lowest BCUT2D eigenvalue weighted by Crippen LogP contribution is -2.48. The maximum atomic E-state index is 6.42. The summed E-state index contributed by atoms with van der Waals surface area (Å²) in [6, 6.07) is 2.19. The molecule has 6 heteroatoms. The Bertz CT molecular complexity index is 227. The van der Waals surface area contributed by atoms with E-state index in [2.05, 4.69) is 26.6 Å². The molecule has 0 bridgehead atoms. The third-order valence-corrected chi connectivity index (χ3v) is 10.9. The molecule has 0 aromatic carbocycles. The average molecular weight is 309 g/mol. The molecule has 0 amide bonds. The van der Waals surface area contributed by atoms with Crippen LogP contribution in [0.3, 0.4) is 0 Å². The van der Waals surface area contributed by atoms with Crippen molar-refractivity contribution in [3.63, 3.8) is 0 Å². The summed E-state index contributed by atoms with van der Waals surface area (Å²) in [5.74, 6) is 0. The number of ether oxygens (including phenoxy) is 2. The second-order valence-electron chi connectivity index (χ2n) is 5.66. The van der Waals surface area contributed by atoms with Gasteiger partial charge in [-0.3, -0.25) is 0 Å². The summed E-state index contributed by atoms with van der Waals surface area (Å²) in [4.78, 5) is 0. The molecule has 0 saturated carbocycles. The molecule has 1 atom stereocenters. The molecule has 116 valence electrons. The number of methoxy groups -OCH3 is 1. The summed E-state index contributed by atoms with van der Waals surface area (Å²) < 4.78 is 22.5. The molecule has 0 fully saturated rings. The van der Waals surface area contributed by atoms with Crippen molar-refractivity contribution in [2.24, 2.45) is 0 Å². The Balaban J connectivity index is 3.95. The highest BCUT2D eigenvalue weighted by molar-refractivity contribution is 6.82. The molecule has 0 heterocycles. The Labute approximate surface area is 121 Å². The first-order chi connectivity index (χ1) is 8.89. The van der Waals surface area contributed by atoms with Crippen LogP contribution in [0.25, 0.3) is 0 Å². The molecule has 0 aliphatic heterocycles. The zero-order valence-electron chi connectivity index (χ0n) is 13.6. The summed E-state index contributed by atoms with van der Waals surface area (Å²) in [7, 11) is -0.0955. The van der Waals surface area contributed by atoms with Crippen molar-refractivity contribution < 1.29 is 18.0 Å². The predicted octanol–water partition coefficient (Wildman–Crippen LogP) is 3.39. The Morgan fingerprint density at radius 3 is 2.11 bits per heavy atom. The molecule has 1 unspecified atom stereocenters. The van der Waals surface area contributed by atoms with Gasteiger partial charge in [-0.05, 0) is 38.2 Å². The average Bonchev–Trinajstić information content (AvgIpc) is 2.33. The molecule has 0 aromatic rings. The van der Waals surface area contributed by atoms with E-state index in [4.69, 9.17) is 18.0 Å². The summed E-state index contributed by atoms with van der Waals surface area (Å²) >= 11 is 0. The number of hydrogen-bond acceptors (Lipinski definition) is 4. The van der Waals surface area contributed by atoms with Crippen LogP contribution in [0.2, 0.25) is 31.7 Å². The minimum absolute atomic E-state index is 0.669. The van der Waals surface area contributed by atoms with E-state index in [1.807, 2.05) is 0 Å². The molecule has 0 spiro atoms. The summed E-state index contributed by atoms with van der Waals surface area (Å²) in [5.41, 5.74) is 0. The first kappa shape index (κ1) is 19.3. The highest BCUT2D eigenvalue weighted by Gasteiger charge is 2.36. The maximum absolute atomic E-state index is 6.42. The minimum Gasteiger partial charge on any atom is -0.436 e. The highest BCUT2D eigenvalue weighted by Crippen LogP contribution is 2.24. The maximum Gasteiger partial charge on any atom is 0.324 e. The summed E-state index contributed by atoms with van der Waals surface area (Å²) in [6.07, 6.45) is 2.18. The zero-order valence-corrected chi connectivity index (χ0v) is 15.6. The standard InChI is InChI=1S/C13H32O4Si2/c1-7-12-19(6,15-3)17-18(4,5)13-8-9-16-11-10-14-2/h7-13H2,1-6H3. The van der Waals surface area contributed by atoms with Gasteiger partial charge in [0, 0.05) is 20.8 Å². The van der Waals surface area contributed by atoms with Crippen LogP contribution in [0.15, 0.2) is 0 Å². The van der Waals surface area contributed by atoms with Crippen molar-refractivity contribution in [1.82, 2.24) is 0 Å². The molecular weight excluding hydrogens is 276 g/mol. The third-order valence-electron chi connectivity index (χ3n) is 3.13. The van der Waals surface area contributed by atoms with Gasteiger partial charge < -0.3 is 18.0 Å². The van der Waals surface area contributed by atoms with Crippen LogP contribution in [0.5, 0.6) is 0 Å². The SMILES string of the molecule is CCC[Si](C)(OC)O[Si](C)(C)CCCOCCOC. The Kier molecular flexibility index (Phi) is 10.2. The quantitative estimate of drug-likeness (QED) is 0.409. The fourth-order valence-corrected chi connectivity index (χ4v) is 10.1. The zero-order chi connectivity index (χ0) is 14.8. The van der Waals surface area contributed by atoms with Gasteiger partial charge in [0.2, 0.25) is 0 Å². The van der Waals surface area contributed by atoms with Gasteiger partial charge in [-0.15, -0.1) is 0 Å². The largest absolute Gasteiger partial charge is 0.436 e. The minimum atomic E-state index is -1.94. The lowest BCUT2D eigenvalue weighted by Gasteiger charge is -2.34. The lowest BCUT2D eigenvalue weighted by atomic mass is 10.5. The second-order valence-corrected chi connectivity index (χ2v) is 13.7. The van der Waals surface area contributed by atoms with Gasteiger partial charge in [-0.25, -0.2) is 0 Å². The van der Waals surface area contributed by atoms with Gasteiger partial charge in [-0.1, -0.05) is 13.3 Å². The monoisotopic (exact) mass is 308 g/mol. The second kappa shape index (κ2) is 10.1. The van der Waals surface area contributed by atoms with Crippen LogP contribution in [0, 0.1) is 0 Å². The first-order valence-corrected chi connectivity index (χ1v) is 12.8. The molecular formula is C13H32O4Si2. The van der Waals surface area contributed by atoms with E-state index in [-0.39, 0.29) is 0 Å². The molecule has 0 rings (SSSR count). The van der Waals surface area contributed by atoms with Crippen molar-refractivity contribution in [3.8, 4) is 0 Å². The van der Waals surface area contributed by atoms with E-state index in [0.717, 1.165) is 31.5 Å². The molecule has 0 radical (unpaired) electrons. The van der Waals surface area contributed by atoms with E-state index < -0.39 is 16.9 Å². The van der Waals surface area contributed by atoms with E-state index >= 15 is 0 Å². The van der Waals surface area contributed by atoms with Gasteiger partial charge in [-0.2, -0.15) is 0 Å². The normalized spacial score (nSPS) is 15.5. The number of hydrogen-bond donors (Lipinski definition) is 0. The molecule has 0 N–H and O–H groups in total. The molecule has 0 aliphatic carbocycles. The molecule has 19 heavy (non-hydrogen) atoms. The molecule has 0 aromatic heterocycles. The molecule has 4 nitrogen and oxygen atoms in total. The van der Waals surface area contributed by atoms with Crippen LogP contribution in [0.1, 0.15) is 19.8 Å². The molecule has 0 aliphatic rings. The smallest absolute Gasteiger partial charge is 0.324 e. The predicted molar refractivity (Wildman–Crippen MR) is 84.4 cm³/mol. The van der Waals surface area contributed by atoms with E-state index in [9.17, 15) is 0 Å². The third kappa shape index (κ3) is 9.75. The van der Waals surface area contributed by atoms with E-state index in [1.54, 1.807) is 14.2 Å². The fraction of sp³-hybridized carbons (Fsp3) is 1.00. The van der Waals surface area contributed by atoms with Crippen LogP contribution in [-0.4, -0.2) is 50.9 Å². The van der Waals surface area contributed by atoms with Crippen LogP contribution >= 0.6 is 0 Å². The number of rotatable bonds is 12. The van der Waals surface area contributed by atoms with Gasteiger partial charge in [0.05, 0.1) is 13.2 Å². The van der Waals surface area contributed by atoms with Gasteiger partial charge in [0.15, 0.2) is 8.32 Å². The Hall–Kier alpha value is 0.274. The van der Waals surface area contributed by atoms with E-state index in [1.165, 1.54) is 0 Å². The van der Waals surface area contributed by atoms with Crippen molar-refractivity contribution in [2.75, 3.05) is 34.0 Å². The first-order valence-electron chi connectivity index (χ1n) is 7.21. The van der Waals surface area contributed by atoms with E-state index in [0.29, 0.717) is 13.2 Å². The summed E-state index contributed by atoms with van der Waals surface area (Å²) in [5, 5.41) is 0. The van der Waals surface area contributed by atoms with Gasteiger partial charge >= 0.3 is 8.56 Å². The highest BCUT2D eigenvalue weighted by atomic mass is 28.4. The van der Waals surface area contributed by atoms with Gasteiger partial charge in [0.25, 0.3) is 0 Å². The summed E-state index contributed by atoms with van der Waals surface area (Å²) in [6.45, 7) is 11.1. The van der Waals surface area contributed by atoms with Crippen molar-refractivity contribution >= 4 is 16.9 Å². The fourth-order valence-electron chi connectivity index (χ4n) is 2.13. The van der Waals surface area contributed by atoms with Crippen molar-refractivity contribution in [3.05, 3.63) is 0 Å². The lowest BCUT2D eigenvalue weighted by molar-refractivity contribution is 0.0706. The van der Waals surface area contributed by atoms with Crippen LogP contribution in [-0.2, 0) is 18.0 Å². The molecule has 0 saturated heterocycles. The van der Waals surface area contributed by atoms with Crippen LogP contribution in [0.4, 0.5) is 0 Å². The topological polar surface area (TPSA) is 36.9 Å². The van der Waals surface area contributed by atoms with Crippen LogP contribution < -0.4 is 0 Å².